The molecule has 0 spiro atoms. The Morgan fingerprint density at radius 2 is 2.20 bits per heavy atom. The molecule has 3 unspecified atom stereocenters. The maximum absolute atomic E-state index is 10.9. The second-order valence-electron chi connectivity index (χ2n) is 6.40. The smallest absolute Gasteiger partial charge is 0.0979 e. The van der Waals surface area contributed by atoms with E-state index in [1.165, 1.54) is 6.42 Å². The number of nitriles is 1. The molecule has 108 valence electrons. The van der Waals surface area contributed by atoms with Crippen LogP contribution in [0.5, 0.6) is 0 Å². The first-order chi connectivity index (χ1) is 9.52. The quantitative estimate of drug-likeness (QED) is 0.882. The van der Waals surface area contributed by atoms with Crippen LogP contribution in [0.3, 0.4) is 0 Å². The maximum Gasteiger partial charge on any atom is 0.0979 e. The average molecular weight is 271 g/mol. The Bertz CT molecular complexity index is 517. The van der Waals surface area contributed by atoms with Crippen LogP contribution in [0.1, 0.15) is 61.8 Å². The van der Waals surface area contributed by atoms with E-state index in [-0.39, 0.29) is 0 Å². The highest BCUT2D eigenvalue weighted by Crippen LogP contribution is 2.48. The van der Waals surface area contributed by atoms with Gasteiger partial charge in [0.2, 0.25) is 0 Å². The topological polar surface area (TPSA) is 44.0 Å². The summed E-state index contributed by atoms with van der Waals surface area (Å²) in [5.41, 5.74) is 2.55. The molecule has 0 aliphatic heterocycles. The molecule has 1 saturated carbocycles. The summed E-state index contributed by atoms with van der Waals surface area (Å²) in [6.45, 7) is 6.23. The Hall–Kier alpha value is -1.33. The van der Waals surface area contributed by atoms with Gasteiger partial charge in [0.05, 0.1) is 17.6 Å². The predicted octanol–water partition coefficient (Wildman–Crippen LogP) is 4.45. The first-order valence-corrected chi connectivity index (χ1v) is 7.69. The third-order valence-electron chi connectivity index (χ3n) is 4.94. The first-order valence-electron chi connectivity index (χ1n) is 7.69. The molecule has 3 atom stereocenters. The van der Waals surface area contributed by atoms with E-state index in [2.05, 4.69) is 19.1 Å². The van der Waals surface area contributed by atoms with E-state index in [0.717, 1.165) is 42.4 Å². The Morgan fingerprint density at radius 1 is 1.45 bits per heavy atom. The molecule has 0 saturated heterocycles. The zero-order valence-corrected chi connectivity index (χ0v) is 12.8. The number of benzene rings is 1. The van der Waals surface area contributed by atoms with E-state index in [1.54, 1.807) is 0 Å². The fraction of sp³-hybridized carbons (Fsp3) is 0.611. The normalized spacial score (nSPS) is 27.9. The number of aryl methyl sites for hydroxylation is 2. The van der Waals surface area contributed by atoms with Crippen LogP contribution >= 0.6 is 0 Å². The fourth-order valence-electron chi connectivity index (χ4n) is 3.54. The third kappa shape index (κ3) is 2.74. The molecule has 0 bridgehead atoms. The molecule has 0 aromatic heterocycles. The molecule has 2 nitrogen and oxygen atoms in total. The lowest BCUT2D eigenvalue weighted by molar-refractivity contribution is 0.0181. The van der Waals surface area contributed by atoms with Gasteiger partial charge in [-0.15, -0.1) is 0 Å². The van der Waals surface area contributed by atoms with Crippen LogP contribution in [0.4, 0.5) is 0 Å². The van der Waals surface area contributed by atoms with E-state index in [4.69, 9.17) is 0 Å². The van der Waals surface area contributed by atoms with Crippen LogP contribution < -0.4 is 0 Å². The molecule has 1 N–H and O–H groups in total. The Kier molecular flexibility index (Phi) is 4.50. The van der Waals surface area contributed by atoms with Crippen LogP contribution in [0.15, 0.2) is 18.2 Å². The second kappa shape index (κ2) is 5.97. The molecule has 0 radical (unpaired) electrons. The molecule has 0 amide bonds. The van der Waals surface area contributed by atoms with E-state index >= 15 is 0 Å². The van der Waals surface area contributed by atoms with Crippen molar-refractivity contribution in [2.45, 2.75) is 59.0 Å². The number of hydrogen-bond acceptors (Lipinski definition) is 2. The SMILES string of the molecule is CCC1CCCC(C#N)(C(O)c2cc(C)ccc2C)C1. The van der Waals surface area contributed by atoms with Gasteiger partial charge in [-0.3, -0.25) is 0 Å². The lowest BCUT2D eigenvalue weighted by atomic mass is 9.65. The van der Waals surface area contributed by atoms with Crippen molar-refractivity contribution in [3.05, 3.63) is 34.9 Å². The van der Waals surface area contributed by atoms with Crippen molar-refractivity contribution >= 4 is 0 Å². The molecular weight excluding hydrogens is 246 g/mol. The molecule has 0 heterocycles. The van der Waals surface area contributed by atoms with E-state index < -0.39 is 11.5 Å². The number of hydrogen-bond donors (Lipinski definition) is 1. The zero-order chi connectivity index (χ0) is 14.8. The minimum absolute atomic E-state index is 0.572. The predicted molar refractivity (Wildman–Crippen MR) is 81.2 cm³/mol. The molecule has 2 heteroatoms. The maximum atomic E-state index is 10.9. The van der Waals surface area contributed by atoms with Crippen LogP contribution in [0.25, 0.3) is 0 Å². The number of nitrogens with zero attached hydrogens (tertiary/aromatic N) is 1. The molecule has 2 rings (SSSR count). The minimum Gasteiger partial charge on any atom is -0.387 e. The van der Waals surface area contributed by atoms with Gasteiger partial charge < -0.3 is 5.11 Å². The van der Waals surface area contributed by atoms with Gasteiger partial charge in [0.1, 0.15) is 0 Å². The standard InChI is InChI=1S/C18H25NO/c1-4-15-6-5-9-18(11-15,12-19)17(20)16-10-13(2)7-8-14(16)3/h7-8,10,15,17,20H,4-6,9,11H2,1-3H3. The van der Waals surface area contributed by atoms with Crippen LogP contribution in [-0.4, -0.2) is 5.11 Å². The van der Waals surface area contributed by atoms with Gasteiger partial charge in [-0.1, -0.05) is 49.9 Å². The van der Waals surface area contributed by atoms with Crippen molar-refractivity contribution in [2.24, 2.45) is 11.3 Å². The molecule has 1 aliphatic rings. The van der Waals surface area contributed by atoms with Gasteiger partial charge in [0.15, 0.2) is 0 Å². The van der Waals surface area contributed by atoms with E-state index in [9.17, 15) is 10.4 Å². The van der Waals surface area contributed by atoms with Crippen molar-refractivity contribution < 1.29 is 5.11 Å². The Labute approximate surface area is 122 Å². The highest BCUT2D eigenvalue weighted by molar-refractivity contribution is 5.34. The molecule has 1 fully saturated rings. The summed E-state index contributed by atoms with van der Waals surface area (Å²) in [5.74, 6) is 0.572. The molecule has 1 aromatic rings. The summed E-state index contributed by atoms with van der Waals surface area (Å²) >= 11 is 0. The summed E-state index contributed by atoms with van der Waals surface area (Å²) in [6, 6.07) is 8.61. The van der Waals surface area contributed by atoms with Gasteiger partial charge in [0, 0.05) is 0 Å². The van der Waals surface area contributed by atoms with Gasteiger partial charge in [-0.05, 0) is 43.7 Å². The van der Waals surface area contributed by atoms with Crippen LogP contribution in [-0.2, 0) is 0 Å². The molecular formula is C18H25NO. The average Bonchev–Trinajstić information content (AvgIpc) is 2.48. The highest BCUT2D eigenvalue weighted by atomic mass is 16.3. The van der Waals surface area contributed by atoms with Crippen LogP contribution in [0, 0.1) is 36.5 Å². The van der Waals surface area contributed by atoms with Gasteiger partial charge in [-0.2, -0.15) is 5.26 Å². The third-order valence-corrected chi connectivity index (χ3v) is 4.94. The minimum atomic E-state index is -0.665. The van der Waals surface area contributed by atoms with Crippen molar-refractivity contribution in [2.75, 3.05) is 0 Å². The highest BCUT2D eigenvalue weighted by Gasteiger charge is 2.43. The van der Waals surface area contributed by atoms with Crippen LogP contribution in [0.2, 0.25) is 0 Å². The zero-order valence-electron chi connectivity index (χ0n) is 12.8. The Morgan fingerprint density at radius 3 is 2.85 bits per heavy atom. The first kappa shape index (κ1) is 15.1. The molecule has 1 aliphatic carbocycles. The number of rotatable bonds is 3. The molecule has 1 aromatic carbocycles. The lowest BCUT2D eigenvalue weighted by Crippen LogP contribution is -2.33. The summed E-state index contributed by atoms with van der Waals surface area (Å²) < 4.78 is 0. The van der Waals surface area contributed by atoms with Gasteiger partial charge >= 0.3 is 0 Å². The summed E-state index contributed by atoms with van der Waals surface area (Å²) in [4.78, 5) is 0. The van der Waals surface area contributed by atoms with Gasteiger partial charge in [0.25, 0.3) is 0 Å². The van der Waals surface area contributed by atoms with Crippen molar-refractivity contribution in [3.8, 4) is 6.07 Å². The summed E-state index contributed by atoms with van der Waals surface area (Å²) in [7, 11) is 0. The largest absolute Gasteiger partial charge is 0.387 e. The number of aliphatic hydroxyl groups excluding tert-OH is 1. The molecule has 20 heavy (non-hydrogen) atoms. The van der Waals surface area contributed by atoms with Gasteiger partial charge in [-0.25, -0.2) is 0 Å². The Balaban J connectivity index is 2.36. The fourth-order valence-corrected chi connectivity index (χ4v) is 3.54. The monoisotopic (exact) mass is 271 g/mol. The van der Waals surface area contributed by atoms with Crippen molar-refractivity contribution in [1.29, 1.82) is 5.26 Å². The van der Waals surface area contributed by atoms with Crippen molar-refractivity contribution in [1.82, 2.24) is 0 Å². The second-order valence-corrected chi connectivity index (χ2v) is 6.40. The summed E-state index contributed by atoms with van der Waals surface area (Å²) in [5, 5.41) is 20.6. The number of aliphatic hydroxyl groups is 1. The van der Waals surface area contributed by atoms with E-state index in [0.29, 0.717) is 5.92 Å². The van der Waals surface area contributed by atoms with Crippen molar-refractivity contribution in [3.63, 3.8) is 0 Å². The summed E-state index contributed by atoms with van der Waals surface area (Å²) in [6.07, 6.45) is 4.32. The lowest BCUT2D eigenvalue weighted by Gasteiger charge is -2.39. The van der Waals surface area contributed by atoms with E-state index in [1.807, 2.05) is 26.0 Å².